The second-order valence-electron chi connectivity index (χ2n) is 6.72. The summed E-state index contributed by atoms with van der Waals surface area (Å²) in [5.74, 6) is -1.05. The number of hydrogen-bond donors (Lipinski definition) is 2. The standard InChI is InChI=1S/C19H22FN3O3/c1-22-11-14(18(21)25)10-16(22)19(26)23-8-6-13(7-9-23)17(24)12-2-4-15(20)5-3-12/h2-5,10-11,13,17,24H,6-9H2,1H3,(H2,21,25). The number of carbonyl (C=O) groups is 2. The lowest BCUT2D eigenvalue weighted by Gasteiger charge is -2.34. The maximum atomic E-state index is 13.0. The number of nitrogens with zero attached hydrogens (tertiary/aromatic N) is 2. The van der Waals surface area contributed by atoms with Crippen molar-refractivity contribution in [2.24, 2.45) is 18.7 Å². The van der Waals surface area contributed by atoms with Crippen molar-refractivity contribution < 1.29 is 19.1 Å². The molecule has 1 saturated heterocycles. The van der Waals surface area contributed by atoms with Crippen LogP contribution in [0.3, 0.4) is 0 Å². The monoisotopic (exact) mass is 359 g/mol. The lowest BCUT2D eigenvalue weighted by atomic mass is 9.87. The zero-order valence-electron chi connectivity index (χ0n) is 14.6. The van der Waals surface area contributed by atoms with Gasteiger partial charge >= 0.3 is 0 Å². The van der Waals surface area contributed by atoms with Crippen LogP contribution in [0.15, 0.2) is 36.5 Å². The van der Waals surface area contributed by atoms with E-state index >= 15 is 0 Å². The Bertz CT molecular complexity index is 808. The third kappa shape index (κ3) is 3.62. The summed E-state index contributed by atoms with van der Waals surface area (Å²) in [5, 5.41) is 10.5. The number of primary amides is 1. The number of piperidine rings is 1. The number of benzene rings is 1. The molecule has 1 aliphatic rings. The van der Waals surface area contributed by atoms with Gasteiger partial charge in [-0.2, -0.15) is 0 Å². The minimum Gasteiger partial charge on any atom is -0.388 e. The average Bonchev–Trinajstić information content (AvgIpc) is 3.03. The van der Waals surface area contributed by atoms with Crippen molar-refractivity contribution in [1.82, 2.24) is 9.47 Å². The zero-order valence-corrected chi connectivity index (χ0v) is 14.6. The summed E-state index contributed by atoms with van der Waals surface area (Å²) in [7, 11) is 1.70. The summed E-state index contributed by atoms with van der Waals surface area (Å²) in [6, 6.07) is 7.36. The Labute approximate surface area is 151 Å². The van der Waals surface area contributed by atoms with Crippen LogP contribution in [-0.2, 0) is 7.05 Å². The quantitative estimate of drug-likeness (QED) is 0.873. The van der Waals surface area contributed by atoms with Gasteiger partial charge in [0, 0.05) is 26.3 Å². The number of nitrogens with two attached hydrogens (primary N) is 1. The van der Waals surface area contributed by atoms with Crippen LogP contribution in [0, 0.1) is 11.7 Å². The molecule has 6 nitrogen and oxygen atoms in total. The molecule has 1 fully saturated rings. The molecule has 138 valence electrons. The molecule has 0 saturated carbocycles. The summed E-state index contributed by atoms with van der Waals surface area (Å²) in [4.78, 5) is 25.7. The Balaban J connectivity index is 1.63. The topological polar surface area (TPSA) is 88.6 Å². The van der Waals surface area contributed by atoms with Gasteiger partial charge < -0.3 is 20.3 Å². The molecule has 0 aliphatic carbocycles. The van der Waals surface area contributed by atoms with Gasteiger partial charge in [0.15, 0.2) is 0 Å². The number of aliphatic hydroxyl groups excluding tert-OH is 1. The van der Waals surface area contributed by atoms with E-state index in [1.807, 2.05) is 0 Å². The maximum absolute atomic E-state index is 13.0. The third-order valence-corrected chi connectivity index (χ3v) is 4.99. The van der Waals surface area contributed by atoms with Crippen LogP contribution in [-0.4, -0.2) is 39.5 Å². The highest BCUT2D eigenvalue weighted by Gasteiger charge is 2.29. The Kier molecular flexibility index (Phi) is 5.08. The molecule has 2 aromatic rings. The fourth-order valence-electron chi connectivity index (χ4n) is 3.42. The second kappa shape index (κ2) is 7.29. The molecule has 2 amide bonds. The number of carbonyl (C=O) groups excluding carboxylic acids is 2. The minimum absolute atomic E-state index is 0.0131. The molecule has 7 heteroatoms. The SMILES string of the molecule is Cn1cc(C(N)=O)cc1C(=O)N1CCC(C(O)c2ccc(F)cc2)CC1. The summed E-state index contributed by atoms with van der Waals surface area (Å²) in [6.45, 7) is 1.03. The van der Waals surface area contributed by atoms with Crippen molar-refractivity contribution in [2.75, 3.05) is 13.1 Å². The molecule has 1 aromatic carbocycles. The molecule has 1 aromatic heterocycles. The van der Waals surface area contributed by atoms with Crippen LogP contribution < -0.4 is 5.73 Å². The van der Waals surface area contributed by atoms with E-state index in [4.69, 9.17) is 5.73 Å². The number of aromatic nitrogens is 1. The van der Waals surface area contributed by atoms with Gasteiger partial charge in [0.2, 0.25) is 5.91 Å². The minimum atomic E-state index is -0.677. The normalized spacial score (nSPS) is 16.5. The van der Waals surface area contributed by atoms with Crippen molar-refractivity contribution in [1.29, 1.82) is 0 Å². The largest absolute Gasteiger partial charge is 0.388 e. The van der Waals surface area contributed by atoms with E-state index in [1.54, 1.807) is 34.8 Å². The molecular formula is C19H22FN3O3. The molecule has 26 heavy (non-hydrogen) atoms. The zero-order chi connectivity index (χ0) is 18.8. The first-order chi connectivity index (χ1) is 12.4. The van der Waals surface area contributed by atoms with Gasteiger partial charge in [-0.3, -0.25) is 9.59 Å². The molecule has 2 heterocycles. The Hall–Kier alpha value is -2.67. The number of aryl methyl sites for hydroxylation is 1. The first kappa shape index (κ1) is 18.1. The van der Waals surface area contributed by atoms with Gasteiger partial charge in [-0.05, 0) is 42.5 Å². The van der Waals surface area contributed by atoms with Crippen LogP contribution in [0.4, 0.5) is 4.39 Å². The molecule has 1 aliphatic heterocycles. The van der Waals surface area contributed by atoms with Crippen molar-refractivity contribution >= 4 is 11.8 Å². The molecule has 0 bridgehead atoms. The number of likely N-dealkylation sites (tertiary alicyclic amines) is 1. The summed E-state index contributed by atoms with van der Waals surface area (Å²) in [6.07, 6.45) is 2.17. The van der Waals surface area contributed by atoms with E-state index in [9.17, 15) is 19.1 Å². The molecule has 3 N–H and O–H groups in total. The van der Waals surface area contributed by atoms with Crippen LogP contribution >= 0.6 is 0 Å². The maximum Gasteiger partial charge on any atom is 0.270 e. The first-order valence-corrected chi connectivity index (χ1v) is 8.56. The Morgan fingerprint density at radius 1 is 1.23 bits per heavy atom. The highest BCUT2D eigenvalue weighted by molar-refractivity contribution is 5.98. The second-order valence-corrected chi connectivity index (χ2v) is 6.72. The Morgan fingerprint density at radius 3 is 2.38 bits per heavy atom. The van der Waals surface area contributed by atoms with Gasteiger partial charge in [-0.25, -0.2) is 4.39 Å². The third-order valence-electron chi connectivity index (χ3n) is 4.99. The van der Waals surface area contributed by atoms with Crippen LogP contribution in [0.5, 0.6) is 0 Å². The number of amides is 2. The van der Waals surface area contributed by atoms with Crippen LogP contribution in [0.25, 0.3) is 0 Å². The van der Waals surface area contributed by atoms with Crippen molar-refractivity contribution in [3.05, 3.63) is 59.2 Å². The van der Waals surface area contributed by atoms with Crippen molar-refractivity contribution in [2.45, 2.75) is 18.9 Å². The molecular weight excluding hydrogens is 337 g/mol. The summed E-state index contributed by atoms with van der Waals surface area (Å²) in [5.41, 5.74) is 6.66. The predicted molar refractivity (Wildman–Crippen MR) is 93.9 cm³/mol. The van der Waals surface area contributed by atoms with Gasteiger partial charge in [-0.15, -0.1) is 0 Å². The van der Waals surface area contributed by atoms with E-state index in [2.05, 4.69) is 0 Å². The molecule has 1 unspecified atom stereocenters. The number of halogens is 1. The predicted octanol–water partition coefficient (Wildman–Crippen LogP) is 1.85. The van der Waals surface area contributed by atoms with Gasteiger partial charge in [-0.1, -0.05) is 12.1 Å². The van der Waals surface area contributed by atoms with Gasteiger partial charge in [0.1, 0.15) is 11.5 Å². The fourth-order valence-corrected chi connectivity index (χ4v) is 3.42. The van der Waals surface area contributed by atoms with Crippen LogP contribution in [0.2, 0.25) is 0 Å². The van der Waals surface area contributed by atoms with Gasteiger partial charge in [0.05, 0.1) is 11.7 Å². The lowest BCUT2D eigenvalue weighted by molar-refractivity contribution is 0.0456. The molecule has 1 atom stereocenters. The van der Waals surface area contributed by atoms with Crippen LogP contribution in [0.1, 0.15) is 45.4 Å². The summed E-state index contributed by atoms with van der Waals surface area (Å²) >= 11 is 0. The number of rotatable bonds is 4. The smallest absolute Gasteiger partial charge is 0.270 e. The highest BCUT2D eigenvalue weighted by Crippen LogP contribution is 2.31. The lowest BCUT2D eigenvalue weighted by Crippen LogP contribution is -2.40. The number of hydrogen-bond acceptors (Lipinski definition) is 3. The van der Waals surface area contributed by atoms with E-state index in [1.165, 1.54) is 18.2 Å². The number of aliphatic hydroxyl groups is 1. The molecule has 3 rings (SSSR count). The average molecular weight is 359 g/mol. The molecule has 0 radical (unpaired) electrons. The highest BCUT2D eigenvalue weighted by atomic mass is 19.1. The fraction of sp³-hybridized carbons (Fsp3) is 0.368. The van der Waals surface area contributed by atoms with E-state index in [0.29, 0.717) is 42.8 Å². The molecule has 0 spiro atoms. The summed E-state index contributed by atoms with van der Waals surface area (Å²) < 4.78 is 14.6. The van der Waals surface area contributed by atoms with E-state index in [-0.39, 0.29) is 17.6 Å². The first-order valence-electron chi connectivity index (χ1n) is 8.56. The van der Waals surface area contributed by atoms with E-state index < -0.39 is 12.0 Å². The van der Waals surface area contributed by atoms with Crippen molar-refractivity contribution in [3.63, 3.8) is 0 Å². The van der Waals surface area contributed by atoms with E-state index in [0.717, 1.165) is 0 Å². The van der Waals surface area contributed by atoms with Crippen molar-refractivity contribution in [3.8, 4) is 0 Å². The van der Waals surface area contributed by atoms with Gasteiger partial charge in [0.25, 0.3) is 5.91 Å². The Morgan fingerprint density at radius 2 is 1.85 bits per heavy atom.